The van der Waals surface area contributed by atoms with E-state index < -0.39 is 0 Å². The minimum atomic E-state index is 0.472. The van der Waals surface area contributed by atoms with Crippen LogP contribution in [0.3, 0.4) is 0 Å². The highest BCUT2D eigenvalue weighted by Crippen LogP contribution is 2.24. The summed E-state index contributed by atoms with van der Waals surface area (Å²) in [4.78, 5) is 2.35. The van der Waals surface area contributed by atoms with Gasteiger partial charge in [0.1, 0.15) is 24.2 Å². The lowest BCUT2D eigenvalue weighted by Crippen LogP contribution is -2.39. The van der Waals surface area contributed by atoms with Crippen molar-refractivity contribution >= 4 is 0 Å². The van der Waals surface area contributed by atoms with Gasteiger partial charge in [0.25, 0.3) is 0 Å². The summed E-state index contributed by atoms with van der Waals surface area (Å²) < 4.78 is 10.9. The Balaban J connectivity index is 2.67. The maximum absolute atomic E-state index is 9.09. The van der Waals surface area contributed by atoms with Crippen molar-refractivity contribution in [3.05, 3.63) is 23.8 Å². The Bertz CT molecular complexity index is 456. The van der Waals surface area contributed by atoms with Crippen molar-refractivity contribution in [2.45, 2.75) is 39.8 Å². The Morgan fingerprint density at radius 1 is 1.20 bits per heavy atom. The molecule has 0 saturated carbocycles. The van der Waals surface area contributed by atoms with Gasteiger partial charge in [-0.3, -0.25) is 4.90 Å². The summed E-state index contributed by atoms with van der Waals surface area (Å²) in [5, 5.41) is 9.09. The zero-order valence-corrected chi connectivity index (χ0v) is 13.0. The van der Waals surface area contributed by atoms with E-state index in [0.717, 1.165) is 6.54 Å². The third kappa shape index (κ3) is 4.43. The minimum Gasteiger partial charge on any atom is -0.497 e. The molecule has 20 heavy (non-hydrogen) atoms. The van der Waals surface area contributed by atoms with Gasteiger partial charge in [-0.15, -0.1) is 0 Å². The van der Waals surface area contributed by atoms with Crippen molar-refractivity contribution in [1.82, 2.24) is 4.90 Å². The second kappa shape index (κ2) is 7.76. The molecule has 0 aromatic heterocycles. The molecule has 0 unspecified atom stereocenters. The lowest BCUT2D eigenvalue weighted by molar-refractivity contribution is 0.141. The number of methoxy groups -OCH3 is 1. The predicted octanol–water partition coefficient (Wildman–Crippen LogP) is 3.06. The fourth-order valence-electron chi connectivity index (χ4n) is 2.22. The first kappa shape index (κ1) is 16.3. The van der Waals surface area contributed by atoms with Crippen LogP contribution in [0.1, 0.15) is 33.3 Å². The summed E-state index contributed by atoms with van der Waals surface area (Å²) in [5.74, 6) is 1.28. The molecule has 0 fully saturated rings. The van der Waals surface area contributed by atoms with Gasteiger partial charge >= 0.3 is 0 Å². The van der Waals surface area contributed by atoms with Crippen molar-refractivity contribution < 1.29 is 9.47 Å². The fraction of sp³-hybridized carbons (Fsp3) is 0.562. The van der Waals surface area contributed by atoms with Gasteiger partial charge in [-0.1, -0.05) is 0 Å². The Morgan fingerprint density at radius 3 is 2.35 bits per heavy atom. The smallest absolute Gasteiger partial charge is 0.140 e. The minimum absolute atomic E-state index is 0.472. The summed E-state index contributed by atoms with van der Waals surface area (Å²) in [5.41, 5.74) is 0.534. The molecule has 1 rings (SSSR count). The maximum Gasteiger partial charge on any atom is 0.140 e. The molecular formula is C16H24N2O2. The van der Waals surface area contributed by atoms with E-state index in [1.54, 1.807) is 25.3 Å². The van der Waals surface area contributed by atoms with Crippen molar-refractivity contribution in [3.63, 3.8) is 0 Å². The van der Waals surface area contributed by atoms with Crippen molar-refractivity contribution in [2.75, 3.05) is 20.3 Å². The maximum atomic E-state index is 9.09. The Labute approximate surface area is 121 Å². The largest absolute Gasteiger partial charge is 0.497 e. The highest BCUT2D eigenvalue weighted by atomic mass is 16.5. The monoisotopic (exact) mass is 276 g/mol. The van der Waals surface area contributed by atoms with E-state index >= 15 is 0 Å². The van der Waals surface area contributed by atoms with Crippen molar-refractivity contribution in [3.8, 4) is 17.6 Å². The van der Waals surface area contributed by atoms with Crippen LogP contribution in [0.2, 0.25) is 0 Å². The molecule has 0 aliphatic heterocycles. The van der Waals surface area contributed by atoms with Gasteiger partial charge in [0.15, 0.2) is 0 Å². The van der Waals surface area contributed by atoms with Crippen LogP contribution in [-0.2, 0) is 0 Å². The average molecular weight is 276 g/mol. The van der Waals surface area contributed by atoms with Crippen LogP contribution in [0.15, 0.2) is 18.2 Å². The third-order valence-corrected chi connectivity index (χ3v) is 3.24. The number of benzene rings is 1. The number of rotatable bonds is 7. The summed E-state index contributed by atoms with van der Waals surface area (Å²) in [6.45, 7) is 10.1. The normalized spacial score (nSPS) is 10.9. The Morgan fingerprint density at radius 2 is 1.85 bits per heavy atom. The van der Waals surface area contributed by atoms with Crippen LogP contribution >= 0.6 is 0 Å². The van der Waals surface area contributed by atoms with E-state index in [-0.39, 0.29) is 0 Å². The zero-order valence-electron chi connectivity index (χ0n) is 13.0. The third-order valence-electron chi connectivity index (χ3n) is 3.24. The molecule has 0 aliphatic rings. The number of ether oxygens (including phenoxy) is 2. The lowest BCUT2D eigenvalue weighted by atomic mass is 10.2. The average Bonchev–Trinajstić information content (AvgIpc) is 2.42. The van der Waals surface area contributed by atoms with Gasteiger partial charge in [0, 0.05) is 24.7 Å². The Hall–Kier alpha value is -1.73. The van der Waals surface area contributed by atoms with E-state index in [0.29, 0.717) is 35.8 Å². The molecule has 1 aromatic carbocycles. The first-order valence-electron chi connectivity index (χ1n) is 6.96. The van der Waals surface area contributed by atoms with E-state index in [4.69, 9.17) is 14.7 Å². The highest BCUT2D eigenvalue weighted by Gasteiger charge is 2.13. The second-order valence-corrected chi connectivity index (χ2v) is 5.25. The molecule has 0 spiro atoms. The van der Waals surface area contributed by atoms with Gasteiger partial charge in [-0.25, -0.2) is 0 Å². The van der Waals surface area contributed by atoms with Gasteiger partial charge in [-0.2, -0.15) is 5.26 Å². The van der Waals surface area contributed by atoms with E-state index in [2.05, 4.69) is 38.7 Å². The van der Waals surface area contributed by atoms with Crippen LogP contribution < -0.4 is 9.47 Å². The summed E-state index contributed by atoms with van der Waals surface area (Å²) in [6, 6.07) is 8.32. The number of hydrogen-bond donors (Lipinski definition) is 0. The molecule has 1 aromatic rings. The first-order valence-corrected chi connectivity index (χ1v) is 6.96. The second-order valence-electron chi connectivity index (χ2n) is 5.25. The molecule has 0 amide bonds. The van der Waals surface area contributed by atoms with Crippen molar-refractivity contribution in [2.24, 2.45) is 0 Å². The van der Waals surface area contributed by atoms with E-state index in [1.807, 2.05) is 0 Å². The molecule has 0 bridgehead atoms. The molecule has 0 radical (unpaired) electrons. The van der Waals surface area contributed by atoms with Gasteiger partial charge in [0.05, 0.1) is 12.7 Å². The van der Waals surface area contributed by atoms with Crippen LogP contribution in [0.25, 0.3) is 0 Å². The standard InChI is InChI=1S/C16H24N2O2/c1-12(2)18(13(3)4)8-9-20-16-10-15(19-5)7-6-14(16)11-17/h6-7,10,12-13H,8-9H2,1-5H3. The Kier molecular flexibility index (Phi) is 6.33. The van der Waals surface area contributed by atoms with Crippen LogP contribution in [0.5, 0.6) is 11.5 Å². The summed E-state index contributed by atoms with van der Waals surface area (Å²) in [6.07, 6.45) is 0. The van der Waals surface area contributed by atoms with Crippen LogP contribution in [0.4, 0.5) is 0 Å². The quantitative estimate of drug-likeness (QED) is 0.768. The predicted molar refractivity (Wildman–Crippen MR) is 80.2 cm³/mol. The SMILES string of the molecule is COc1ccc(C#N)c(OCCN(C(C)C)C(C)C)c1. The molecule has 0 atom stereocenters. The molecular weight excluding hydrogens is 252 g/mol. The van der Waals surface area contributed by atoms with Crippen molar-refractivity contribution in [1.29, 1.82) is 5.26 Å². The molecule has 0 aliphatic carbocycles. The number of nitrogens with zero attached hydrogens (tertiary/aromatic N) is 2. The van der Waals surface area contributed by atoms with Crippen LogP contribution in [-0.4, -0.2) is 37.2 Å². The molecule has 0 N–H and O–H groups in total. The summed E-state index contributed by atoms with van der Waals surface area (Å²) in [7, 11) is 1.60. The topological polar surface area (TPSA) is 45.5 Å². The molecule has 0 saturated heterocycles. The van der Waals surface area contributed by atoms with E-state index in [1.165, 1.54) is 0 Å². The molecule has 110 valence electrons. The van der Waals surface area contributed by atoms with E-state index in [9.17, 15) is 0 Å². The molecule has 0 heterocycles. The fourth-order valence-corrected chi connectivity index (χ4v) is 2.22. The number of hydrogen-bond acceptors (Lipinski definition) is 4. The van der Waals surface area contributed by atoms with Gasteiger partial charge < -0.3 is 9.47 Å². The number of nitriles is 1. The van der Waals surface area contributed by atoms with Gasteiger partial charge in [-0.05, 0) is 39.8 Å². The van der Waals surface area contributed by atoms with Crippen LogP contribution in [0, 0.1) is 11.3 Å². The lowest BCUT2D eigenvalue weighted by Gasteiger charge is -2.30. The van der Waals surface area contributed by atoms with Gasteiger partial charge in [0.2, 0.25) is 0 Å². The molecule has 4 heteroatoms. The highest BCUT2D eigenvalue weighted by molar-refractivity contribution is 5.47. The zero-order chi connectivity index (χ0) is 15.1. The summed E-state index contributed by atoms with van der Waals surface area (Å²) >= 11 is 0. The first-order chi connectivity index (χ1) is 9.49. The molecule has 4 nitrogen and oxygen atoms in total.